The Morgan fingerprint density at radius 3 is 2.50 bits per heavy atom. The van der Waals surface area contributed by atoms with E-state index in [1.54, 1.807) is 24.3 Å². The van der Waals surface area contributed by atoms with Gasteiger partial charge in [-0.05, 0) is 54.5 Å². The zero-order valence-corrected chi connectivity index (χ0v) is 17.9. The van der Waals surface area contributed by atoms with Crippen LogP contribution in [-0.2, 0) is 12.7 Å². The third-order valence-electron chi connectivity index (χ3n) is 5.96. The number of likely N-dealkylation sites (tertiary alicyclic amines) is 1. The van der Waals surface area contributed by atoms with Crippen molar-refractivity contribution in [3.63, 3.8) is 0 Å². The van der Waals surface area contributed by atoms with Gasteiger partial charge in [0, 0.05) is 32.0 Å². The molecule has 166 valence electrons. The molecule has 4 aromatic rings. The quantitative estimate of drug-likeness (QED) is 0.408. The van der Waals surface area contributed by atoms with Gasteiger partial charge in [-0.25, -0.2) is 4.98 Å². The van der Waals surface area contributed by atoms with E-state index < -0.39 is 12.0 Å². The van der Waals surface area contributed by atoms with Crippen molar-refractivity contribution in [2.75, 3.05) is 13.1 Å². The lowest BCUT2D eigenvalue weighted by Gasteiger charge is -2.32. The van der Waals surface area contributed by atoms with Gasteiger partial charge in [0.05, 0.1) is 16.6 Å². The molecule has 0 atom stereocenters. The van der Waals surface area contributed by atoms with E-state index in [0.717, 1.165) is 5.00 Å². The smallest absolute Gasteiger partial charge is 0.339 e. The highest BCUT2D eigenvalue weighted by atomic mass is 32.1. The minimum absolute atomic E-state index is 0.0301. The number of hydrogen-bond donors (Lipinski definition) is 0. The van der Waals surface area contributed by atoms with E-state index in [4.69, 9.17) is 0 Å². The van der Waals surface area contributed by atoms with Crippen molar-refractivity contribution < 1.29 is 18.0 Å². The molecule has 32 heavy (non-hydrogen) atoms. The highest BCUT2D eigenvalue weighted by molar-refractivity contribution is 7.13. The van der Waals surface area contributed by atoms with Crippen molar-refractivity contribution in [2.24, 2.45) is 5.92 Å². The molecule has 1 fully saturated rings. The molecule has 9 heteroatoms. The van der Waals surface area contributed by atoms with Gasteiger partial charge in [-0.15, -0.1) is 11.3 Å². The minimum Gasteiger partial charge on any atom is -0.339 e. The Kier molecular flexibility index (Phi) is 5.28. The average Bonchev–Trinajstić information content (AvgIpc) is 3.53. The van der Waals surface area contributed by atoms with Crippen LogP contribution in [0.25, 0.3) is 16.0 Å². The predicted octanol–water partition coefficient (Wildman–Crippen LogP) is 5.46. The SMILES string of the molecule is O=C(c1ccsc1-n1cccc1)N1CCC(Cn2c(C(F)(F)F)nc3ccccc32)CC1. The second-order valence-corrected chi connectivity index (χ2v) is 8.89. The Balaban J connectivity index is 1.31. The molecule has 0 spiro atoms. The number of benzene rings is 1. The number of piperidine rings is 1. The molecule has 1 aromatic carbocycles. The maximum Gasteiger partial charge on any atom is 0.449 e. The summed E-state index contributed by atoms with van der Waals surface area (Å²) < 4.78 is 44.0. The number of carbonyl (C=O) groups is 1. The fraction of sp³-hybridized carbons (Fsp3) is 0.304. The second kappa shape index (κ2) is 8.12. The molecule has 0 N–H and O–H groups in total. The summed E-state index contributed by atoms with van der Waals surface area (Å²) in [5.74, 6) is -0.839. The molecule has 0 unspecified atom stereocenters. The topological polar surface area (TPSA) is 43.1 Å². The Morgan fingerprint density at radius 1 is 1.06 bits per heavy atom. The van der Waals surface area contributed by atoms with E-state index in [2.05, 4.69) is 4.98 Å². The van der Waals surface area contributed by atoms with Crippen molar-refractivity contribution in [2.45, 2.75) is 25.6 Å². The van der Waals surface area contributed by atoms with Crippen molar-refractivity contribution >= 4 is 28.3 Å². The standard InChI is InChI=1S/C23H21F3N4OS/c24-23(25,26)22-27-18-5-1-2-6-19(18)30(22)15-16-7-12-28(13-8-16)20(31)17-9-14-32-21(17)29-10-3-4-11-29/h1-6,9-11,14,16H,7-8,12-13,15H2. The van der Waals surface area contributed by atoms with E-state index in [1.165, 1.54) is 15.9 Å². The fourth-order valence-electron chi connectivity index (χ4n) is 4.36. The Bertz CT molecular complexity index is 1230. The predicted molar refractivity (Wildman–Crippen MR) is 117 cm³/mol. The first-order valence-electron chi connectivity index (χ1n) is 10.4. The molecule has 4 heterocycles. The number of halogens is 3. The van der Waals surface area contributed by atoms with Crippen LogP contribution in [0.4, 0.5) is 13.2 Å². The highest BCUT2D eigenvalue weighted by Crippen LogP contribution is 2.33. The summed E-state index contributed by atoms with van der Waals surface area (Å²) in [4.78, 5) is 18.8. The first-order chi connectivity index (χ1) is 15.4. The molecule has 0 saturated carbocycles. The van der Waals surface area contributed by atoms with E-state index in [9.17, 15) is 18.0 Å². The van der Waals surface area contributed by atoms with Crippen LogP contribution in [-0.4, -0.2) is 38.0 Å². The monoisotopic (exact) mass is 458 g/mol. The molecule has 5 nitrogen and oxygen atoms in total. The molecular weight excluding hydrogens is 437 g/mol. The van der Waals surface area contributed by atoms with Gasteiger partial charge in [0.15, 0.2) is 0 Å². The number of thiophene rings is 1. The lowest BCUT2D eigenvalue weighted by molar-refractivity contribution is -0.147. The molecule has 0 aliphatic carbocycles. The van der Waals surface area contributed by atoms with Gasteiger partial charge < -0.3 is 14.0 Å². The molecule has 1 aliphatic rings. The molecule has 5 rings (SSSR count). The minimum atomic E-state index is -4.51. The summed E-state index contributed by atoms with van der Waals surface area (Å²) in [6.07, 6.45) is 0.603. The van der Waals surface area contributed by atoms with Gasteiger partial charge in [-0.3, -0.25) is 4.79 Å². The van der Waals surface area contributed by atoms with Crippen LogP contribution in [0.2, 0.25) is 0 Å². The third kappa shape index (κ3) is 3.81. The van der Waals surface area contributed by atoms with Gasteiger partial charge >= 0.3 is 6.18 Å². The molecule has 0 bridgehead atoms. The molecule has 0 radical (unpaired) electrons. The molecule has 1 saturated heterocycles. The summed E-state index contributed by atoms with van der Waals surface area (Å²) in [6, 6.07) is 12.4. The second-order valence-electron chi connectivity index (χ2n) is 8.00. The van der Waals surface area contributed by atoms with E-state index in [1.807, 2.05) is 45.4 Å². The van der Waals surface area contributed by atoms with E-state index in [0.29, 0.717) is 42.5 Å². The summed E-state index contributed by atoms with van der Waals surface area (Å²) in [6.45, 7) is 1.29. The fourth-order valence-corrected chi connectivity index (χ4v) is 5.22. The van der Waals surface area contributed by atoms with Crippen LogP contribution in [0, 0.1) is 5.92 Å². The van der Waals surface area contributed by atoms with Crippen LogP contribution in [0.5, 0.6) is 0 Å². The number of hydrogen-bond acceptors (Lipinski definition) is 3. The van der Waals surface area contributed by atoms with E-state index in [-0.39, 0.29) is 18.4 Å². The van der Waals surface area contributed by atoms with Crippen LogP contribution >= 0.6 is 11.3 Å². The number of carbonyl (C=O) groups excluding carboxylic acids is 1. The van der Waals surface area contributed by atoms with Crippen LogP contribution in [0.3, 0.4) is 0 Å². The van der Waals surface area contributed by atoms with Gasteiger partial charge in [0.25, 0.3) is 5.91 Å². The lowest BCUT2D eigenvalue weighted by Crippen LogP contribution is -2.39. The number of para-hydroxylation sites is 2. The number of nitrogens with zero attached hydrogens (tertiary/aromatic N) is 4. The number of imidazole rings is 1. The number of amides is 1. The number of aromatic nitrogens is 3. The molecule has 1 amide bonds. The number of fused-ring (bicyclic) bond motifs is 1. The number of rotatable bonds is 4. The first kappa shape index (κ1) is 20.8. The van der Waals surface area contributed by atoms with Gasteiger partial charge in [0.1, 0.15) is 5.00 Å². The summed E-state index contributed by atoms with van der Waals surface area (Å²) in [5, 5.41) is 2.78. The average molecular weight is 459 g/mol. The zero-order valence-electron chi connectivity index (χ0n) is 17.1. The Hall–Kier alpha value is -3.07. The van der Waals surface area contributed by atoms with E-state index >= 15 is 0 Å². The summed E-state index contributed by atoms with van der Waals surface area (Å²) in [5.41, 5.74) is 1.50. The van der Waals surface area contributed by atoms with Crippen molar-refractivity contribution in [1.82, 2.24) is 19.0 Å². The summed E-state index contributed by atoms with van der Waals surface area (Å²) in [7, 11) is 0. The lowest BCUT2D eigenvalue weighted by atomic mass is 9.96. The largest absolute Gasteiger partial charge is 0.449 e. The van der Waals surface area contributed by atoms with Crippen LogP contribution < -0.4 is 0 Å². The number of alkyl halides is 3. The highest BCUT2D eigenvalue weighted by Gasteiger charge is 2.38. The van der Waals surface area contributed by atoms with Crippen LogP contribution in [0.1, 0.15) is 29.0 Å². The molecular formula is C23H21F3N4OS. The Labute approximate surface area is 186 Å². The van der Waals surface area contributed by atoms with Gasteiger partial charge in [0.2, 0.25) is 5.82 Å². The van der Waals surface area contributed by atoms with Gasteiger partial charge in [-0.2, -0.15) is 13.2 Å². The van der Waals surface area contributed by atoms with Crippen molar-refractivity contribution in [3.05, 3.63) is 71.6 Å². The third-order valence-corrected chi connectivity index (χ3v) is 6.89. The van der Waals surface area contributed by atoms with Crippen LogP contribution in [0.15, 0.2) is 60.2 Å². The van der Waals surface area contributed by atoms with Crippen molar-refractivity contribution in [3.8, 4) is 5.00 Å². The molecule has 3 aromatic heterocycles. The van der Waals surface area contributed by atoms with Gasteiger partial charge in [-0.1, -0.05) is 12.1 Å². The maximum absolute atomic E-state index is 13.6. The molecule has 1 aliphatic heterocycles. The van der Waals surface area contributed by atoms with Crippen molar-refractivity contribution in [1.29, 1.82) is 0 Å². The normalized spacial score (nSPS) is 15.5. The zero-order chi connectivity index (χ0) is 22.3. The summed E-state index contributed by atoms with van der Waals surface area (Å²) >= 11 is 1.51. The maximum atomic E-state index is 13.6. The first-order valence-corrected chi connectivity index (χ1v) is 11.3. The Morgan fingerprint density at radius 2 is 1.78 bits per heavy atom.